The van der Waals surface area contributed by atoms with Gasteiger partial charge in [0.15, 0.2) is 6.61 Å². The van der Waals surface area contributed by atoms with Crippen LogP contribution >= 0.6 is 11.3 Å². The predicted molar refractivity (Wildman–Crippen MR) is 123 cm³/mol. The molecule has 1 heterocycles. The van der Waals surface area contributed by atoms with Gasteiger partial charge in [-0.3, -0.25) is 4.79 Å². The van der Waals surface area contributed by atoms with Crippen LogP contribution in [0.25, 0.3) is 0 Å². The Balaban J connectivity index is 1.31. The second-order valence-electron chi connectivity index (χ2n) is 7.38. The zero-order chi connectivity index (χ0) is 21.5. The lowest BCUT2D eigenvalue weighted by Crippen LogP contribution is -2.28. The van der Waals surface area contributed by atoms with Crippen LogP contribution in [0.4, 0.5) is 5.00 Å². The Bertz CT molecular complexity index is 1110. The van der Waals surface area contributed by atoms with E-state index in [1.165, 1.54) is 16.9 Å². The van der Waals surface area contributed by atoms with E-state index < -0.39 is 0 Å². The lowest BCUT2D eigenvalue weighted by molar-refractivity contribution is -0.123. The van der Waals surface area contributed by atoms with Crippen molar-refractivity contribution in [3.8, 4) is 11.8 Å². The normalized spacial score (nSPS) is 12.9. The zero-order valence-corrected chi connectivity index (χ0v) is 18.0. The van der Waals surface area contributed by atoms with Crippen molar-refractivity contribution in [2.24, 2.45) is 4.99 Å². The molecule has 4 rings (SSSR count). The molecule has 0 unspecified atom stereocenters. The van der Waals surface area contributed by atoms with Crippen molar-refractivity contribution in [3.05, 3.63) is 81.7 Å². The summed E-state index contributed by atoms with van der Waals surface area (Å²) >= 11 is 1.63. The van der Waals surface area contributed by atoms with E-state index in [1.807, 2.05) is 54.6 Å². The third-order valence-electron chi connectivity index (χ3n) is 5.18. The minimum atomic E-state index is -0.166. The van der Waals surface area contributed by atoms with Crippen LogP contribution in [0, 0.1) is 11.3 Å². The van der Waals surface area contributed by atoms with Gasteiger partial charge in [0.25, 0.3) is 5.91 Å². The average Bonchev–Trinajstić information content (AvgIpc) is 3.19. The average molecular weight is 430 g/mol. The maximum Gasteiger partial charge on any atom is 0.258 e. The molecule has 3 aromatic rings. The van der Waals surface area contributed by atoms with Crippen molar-refractivity contribution in [2.45, 2.75) is 32.2 Å². The number of aliphatic imine (C=N–C) groups is 1. The molecule has 0 aliphatic heterocycles. The number of amides is 1. The number of hydrogen-bond donors (Lipinski definition) is 1. The summed E-state index contributed by atoms with van der Waals surface area (Å²) in [6.07, 6.45) is 6.14. The summed E-state index contributed by atoms with van der Waals surface area (Å²) in [4.78, 5) is 17.9. The summed E-state index contributed by atoms with van der Waals surface area (Å²) in [6, 6.07) is 19.5. The van der Waals surface area contributed by atoms with Crippen molar-refractivity contribution in [1.29, 1.82) is 5.26 Å². The van der Waals surface area contributed by atoms with Gasteiger partial charge in [0.2, 0.25) is 0 Å². The first-order valence-electron chi connectivity index (χ1n) is 10.3. The smallest absolute Gasteiger partial charge is 0.258 e. The third kappa shape index (κ3) is 5.39. The van der Waals surface area contributed by atoms with E-state index in [1.54, 1.807) is 17.6 Å². The van der Waals surface area contributed by atoms with Crippen LogP contribution in [-0.4, -0.2) is 18.7 Å². The molecule has 5 nitrogen and oxygen atoms in total. The Morgan fingerprint density at radius 1 is 1.13 bits per heavy atom. The molecule has 31 heavy (non-hydrogen) atoms. The standard InChI is InChI=1S/C25H23N3O2S/c26-14-22-21-8-4-5-9-23(21)31-25(22)28-16-19-10-12-20(13-11-19)30-17-24(29)27-15-18-6-2-1-3-7-18/h1-3,6-7,10-13,16H,4-5,8-9,15,17H2,(H,27,29). The number of nitrogens with zero attached hydrogens (tertiary/aromatic N) is 2. The number of rotatable bonds is 7. The molecule has 0 saturated carbocycles. The molecule has 0 atom stereocenters. The Morgan fingerprint density at radius 3 is 2.68 bits per heavy atom. The monoisotopic (exact) mass is 429 g/mol. The summed E-state index contributed by atoms with van der Waals surface area (Å²) in [7, 11) is 0. The number of carbonyl (C=O) groups excluding carboxylic acids is 1. The van der Waals surface area contributed by atoms with Gasteiger partial charge < -0.3 is 10.1 Å². The highest BCUT2D eigenvalue weighted by molar-refractivity contribution is 7.16. The summed E-state index contributed by atoms with van der Waals surface area (Å²) in [5, 5.41) is 13.2. The van der Waals surface area contributed by atoms with Gasteiger partial charge in [0.05, 0.1) is 5.56 Å². The number of benzene rings is 2. The molecule has 2 aromatic carbocycles. The van der Waals surface area contributed by atoms with Crippen molar-refractivity contribution < 1.29 is 9.53 Å². The first kappa shape index (κ1) is 20.8. The van der Waals surface area contributed by atoms with Crippen LogP contribution < -0.4 is 10.1 Å². The zero-order valence-electron chi connectivity index (χ0n) is 17.1. The molecule has 6 heteroatoms. The third-order valence-corrected chi connectivity index (χ3v) is 6.38. The lowest BCUT2D eigenvalue weighted by atomic mass is 9.96. The molecule has 0 radical (unpaired) electrons. The van der Waals surface area contributed by atoms with Crippen molar-refractivity contribution >= 4 is 28.5 Å². The first-order valence-corrected chi connectivity index (χ1v) is 11.2. The maximum absolute atomic E-state index is 12.0. The molecule has 156 valence electrons. The van der Waals surface area contributed by atoms with Crippen LogP contribution in [0.3, 0.4) is 0 Å². The molecular weight excluding hydrogens is 406 g/mol. The highest BCUT2D eigenvalue weighted by atomic mass is 32.1. The summed E-state index contributed by atoms with van der Waals surface area (Å²) in [5.41, 5.74) is 3.89. The molecule has 0 fully saturated rings. The fourth-order valence-electron chi connectivity index (χ4n) is 3.54. The maximum atomic E-state index is 12.0. The van der Waals surface area contributed by atoms with Gasteiger partial charge in [-0.15, -0.1) is 11.3 Å². The quantitative estimate of drug-likeness (QED) is 0.540. The number of nitrogens with one attached hydrogen (secondary N) is 1. The molecule has 1 N–H and O–H groups in total. The van der Waals surface area contributed by atoms with E-state index in [4.69, 9.17) is 4.74 Å². The van der Waals surface area contributed by atoms with E-state index in [0.29, 0.717) is 12.3 Å². The number of hydrogen-bond acceptors (Lipinski definition) is 5. The van der Waals surface area contributed by atoms with Gasteiger partial charge in [-0.05, 0) is 66.6 Å². The van der Waals surface area contributed by atoms with Crippen molar-refractivity contribution in [1.82, 2.24) is 5.32 Å². The Morgan fingerprint density at radius 2 is 1.90 bits per heavy atom. The molecule has 1 aliphatic rings. The minimum Gasteiger partial charge on any atom is -0.484 e. The second-order valence-corrected chi connectivity index (χ2v) is 8.46. The summed E-state index contributed by atoms with van der Waals surface area (Å²) in [5.74, 6) is 0.455. The van der Waals surface area contributed by atoms with E-state index in [-0.39, 0.29) is 12.5 Å². The number of fused-ring (bicyclic) bond motifs is 1. The van der Waals surface area contributed by atoms with Crippen LogP contribution in [0.15, 0.2) is 59.6 Å². The SMILES string of the molecule is N#Cc1c(N=Cc2ccc(OCC(=O)NCc3ccccc3)cc2)sc2c1CCCC2. The Kier molecular flexibility index (Phi) is 6.75. The molecule has 0 spiro atoms. The molecule has 1 aromatic heterocycles. The van der Waals surface area contributed by atoms with Gasteiger partial charge >= 0.3 is 0 Å². The van der Waals surface area contributed by atoms with E-state index >= 15 is 0 Å². The largest absolute Gasteiger partial charge is 0.484 e. The number of nitriles is 1. The summed E-state index contributed by atoms with van der Waals surface area (Å²) < 4.78 is 5.57. The number of ether oxygens (including phenoxy) is 1. The highest BCUT2D eigenvalue weighted by Crippen LogP contribution is 2.39. The summed E-state index contributed by atoms with van der Waals surface area (Å²) in [6.45, 7) is 0.446. The van der Waals surface area contributed by atoms with Crippen LogP contribution in [0.5, 0.6) is 5.75 Å². The second kappa shape index (κ2) is 10.1. The number of thiophene rings is 1. The van der Waals surface area contributed by atoms with Crippen LogP contribution in [0.2, 0.25) is 0 Å². The number of aryl methyl sites for hydroxylation is 1. The lowest BCUT2D eigenvalue weighted by Gasteiger charge is -2.09. The van der Waals surface area contributed by atoms with E-state index in [0.717, 1.165) is 41.0 Å². The Hall–Kier alpha value is -3.43. The molecular formula is C25H23N3O2S. The van der Waals surface area contributed by atoms with Crippen molar-refractivity contribution in [3.63, 3.8) is 0 Å². The van der Waals surface area contributed by atoms with Gasteiger partial charge in [-0.25, -0.2) is 4.99 Å². The van der Waals surface area contributed by atoms with Crippen molar-refractivity contribution in [2.75, 3.05) is 6.61 Å². The van der Waals surface area contributed by atoms with Gasteiger partial charge in [-0.2, -0.15) is 5.26 Å². The first-order chi connectivity index (χ1) is 15.2. The topological polar surface area (TPSA) is 74.5 Å². The molecule has 0 bridgehead atoms. The molecule has 0 saturated heterocycles. The fourth-order valence-corrected chi connectivity index (χ4v) is 4.72. The highest BCUT2D eigenvalue weighted by Gasteiger charge is 2.20. The Labute approximate surface area is 186 Å². The molecule has 1 aliphatic carbocycles. The van der Waals surface area contributed by atoms with Crippen LogP contribution in [-0.2, 0) is 24.2 Å². The van der Waals surface area contributed by atoms with Crippen LogP contribution in [0.1, 0.15) is 40.0 Å². The fraction of sp³-hybridized carbons (Fsp3) is 0.240. The minimum absolute atomic E-state index is 0.0352. The van der Waals surface area contributed by atoms with E-state index in [9.17, 15) is 10.1 Å². The predicted octanol–water partition coefficient (Wildman–Crippen LogP) is 4.94. The number of carbonyl (C=O) groups is 1. The van der Waals surface area contributed by atoms with E-state index in [2.05, 4.69) is 16.4 Å². The molecule has 1 amide bonds. The van der Waals surface area contributed by atoms with Gasteiger partial charge in [-0.1, -0.05) is 30.3 Å². The van der Waals surface area contributed by atoms with Gasteiger partial charge in [0, 0.05) is 17.6 Å². The van der Waals surface area contributed by atoms with Gasteiger partial charge in [0.1, 0.15) is 16.8 Å².